The SMILES string of the molecule is CCOc1cccc(/C(O)=C2/C(=O)C(=O)N(c3ccc(N4CCCCC4)cc3)C2c2ccc(C)o2)c1. The number of carbonyl (C=O) groups is 2. The Labute approximate surface area is 210 Å². The van der Waals surface area contributed by atoms with Crippen molar-refractivity contribution in [1.82, 2.24) is 0 Å². The topological polar surface area (TPSA) is 83.2 Å². The van der Waals surface area contributed by atoms with Gasteiger partial charge in [-0.05, 0) is 81.6 Å². The van der Waals surface area contributed by atoms with Crippen LogP contribution in [-0.2, 0) is 9.59 Å². The molecule has 3 aromatic rings. The number of amides is 1. The molecule has 186 valence electrons. The molecule has 0 radical (unpaired) electrons. The van der Waals surface area contributed by atoms with E-state index in [0.717, 1.165) is 18.8 Å². The minimum atomic E-state index is -0.893. The molecule has 1 N–H and O–H groups in total. The number of carbonyl (C=O) groups excluding carboxylic acids is 2. The Bertz CT molecular complexity index is 1300. The van der Waals surface area contributed by atoms with E-state index >= 15 is 0 Å². The highest BCUT2D eigenvalue weighted by atomic mass is 16.5. The number of aryl methyl sites for hydroxylation is 1. The first-order chi connectivity index (χ1) is 17.5. The molecular formula is C29H30N2O5. The molecule has 0 saturated carbocycles. The molecule has 0 spiro atoms. The first-order valence-electron chi connectivity index (χ1n) is 12.4. The number of nitrogens with zero attached hydrogens (tertiary/aromatic N) is 2. The number of aliphatic hydroxyl groups is 1. The average molecular weight is 487 g/mol. The zero-order valence-electron chi connectivity index (χ0n) is 20.6. The first-order valence-corrected chi connectivity index (χ1v) is 12.4. The Hall–Kier alpha value is -4.00. The van der Waals surface area contributed by atoms with Gasteiger partial charge >= 0.3 is 0 Å². The molecular weight excluding hydrogens is 456 g/mol. The molecule has 5 rings (SSSR count). The summed E-state index contributed by atoms with van der Waals surface area (Å²) in [5, 5.41) is 11.3. The van der Waals surface area contributed by atoms with Gasteiger partial charge in [0, 0.05) is 30.0 Å². The van der Waals surface area contributed by atoms with E-state index in [0.29, 0.717) is 35.1 Å². The molecule has 36 heavy (non-hydrogen) atoms. The highest BCUT2D eigenvalue weighted by Crippen LogP contribution is 2.43. The van der Waals surface area contributed by atoms with Crippen LogP contribution in [0.25, 0.3) is 5.76 Å². The molecule has 2 aliphatic heterocycles. The summed E-state index contributed by atoms with van der Waals surface area (Å²) in [6.45, 7) is 6.16. The molecule has 7 nitrogen and oxygen atoms in total. The van der Waals surface area contributed by atoms with E-state index in [9.17, 15) is 14.7 Å². The fourth-order valence-electron chi connectivity index (χ4n) is 5.00. The van der Waals surface area contributed by atoms with Gasteiger partial charge in [0.25, 0.3) is 11.7 Å². The number of rotatable bonds is 6. The number of ketones is 1. The van der Waals surface area contributed by atoms with Gasteiger partial charge in [-0.15, -0.1) is 0 Å². The lowest BCUT2D eigenvalue weighted by Crippen LogP contribution is -2.30. The van der Waals surface area contributed by atoms with E-state index < -0.39 is 17.7 Å². The smallest absolute Gasteiger partial charge is 0.300 e. The molecule has 0 aliphatic carbocycles. The van der Waals surface area contributed by atoms with Crippen LogP contribution in [0.5, 0.6) is 5.75 Å². The van der Waals surface area contributed by atoms with Crippen molar-refractivity contribution in [1.29, 1.82) is 0 Å². The van der Waals surface area contributed by atoms with Crippen LogP contribution in [-0.4, -0.2) is 36.5 Å². The standard InChI is InChI=1S/C29H30N2O5/c1-3-35-23-9-7-8-20(18-23)27(32)25-26(24-15-10-19(2)36-24)31(29(34)28(25)33)22-13-11-21(12-14-22)30-16-5-4-6-17-30/h7-15,18,26,32H,3-6,16-17H2,1-2H3/b27-25-. The van der Waals surface area contributed by atoms with Gasteiger partial charge < -0.3 is 19.2 Å². The first kappa shape index (κ1) is 23.7. The minimum absolute atomic E-state index is 0.0110. The quantitative estimate of drug-likeness (QED) is 0.277. The van der Waals surface area contributed by atoms with Gasteiger partial charge in [0.05, 0.1) is 12.2 Å². The van der Waals surface area contributed by atoms with E-state index in [1.54, 1.807) is 43.3 Å². The maximum atomic E-state index is 13.4. The summed E-state index contributed by atoms with van der Waals surface area (Å²) >= 11 is 0. The zero-order chi connectivity index (χ0) is 25.2. The number of hydrogen-bond acceptors (Lipinski definition) is 6. The van der Waals surface area contributed by atoms with Crippen molar-refractivity contribution in [2.45, 2.75) is 39.2 Å². The highest BCUT2D eigenvalue weighted by Gasteiger charge is 2.48. The molecule has 2 aromatic carbocycles. The summed E-state index contributed by atoms with van der Waals surface area (Å²) in [7, 11) is 0. The summed E-state index contributed by atoms with van der Waals surface area (Å²) in [4.78, 5) is 30.4. The maximum absolute atomic E-state index is 13.4. The predicted molar refractivity (Wildman–Crippen MR) is 138 cm³/mol. The van der Waals surface area contributed by atoms with E-state index in [1.807, 2.05) is 31.2 Å². The van der Waals surface area contributed by atoms with Gasteiger partial charge in [-0.3, -0.25) is 14.5 Å². The third-order valence-corrected chi connectivity index (χ3v) is 6.74. The summed E-state index contributed by atoms with van der Waals surface area (Å²) in [5.74, 6) is -0.102. The maximum Gasteiger partial charge on any atom is 0.300 e. The van der Waals surface area contributed by atoms with Crippen molar-refractivity contribution in [3.05, 3.63) is 83.3 Å². The lowest BCUT2D eigenvalue weighted by molar-refractivity contribution is -0.132. The van der Waals surface area contributed by atoms with Crippen LogP contribution in [0.2, 0.25) is 0 Å². The van der Waals surface area contributed by atoms with Gasteiger partial charge in [-0.2, -0.15) is 0 Å². The van der Waals surface area contributed by atoms with Crippen molar-refractivity contribution in [3.63, 3.8) is 0 Å². The van der Waals surface area contributed by atoms with Crippen LogP contribution in [0.15, 0.2) is 70.7 Å². The van der Waals surface area contributed by atoms with Gasteiger partial charge in [-0.1, -0.05) is 12.1 Å². The third kappa shape index (κ3) is 4.37. The molecule has 7 heteroatoms. The molecule has 0 bridgehead atoms. The van der Waals surface area contributed by atoms with Crippen molar-refractivity contribution in [2.75, 3.05) is 29.5 Å². The van der Waals surface area contributed by atoms with Crippen LogP contribution >= 0.6 is 0 Å². The predicted octanol–water partition coefficient (Wildman–Crippen LogP) is 5.60. The Morgan fingerprint density at radius 2 is 1.72 bits per heavy atom. The monoisotopic (exact) mass is 486 g/mol. The Kier molecular flexibility index (Phi) is 6.55. The molecule has 1 amide bonds. The molecule has 3 heterocycles. The summed E-state index contributed by atoms with van der Waals surface area (Å²) < 4.78 is 11.4. The second kappa shape index (κ2) is 9.93. The number of furan rings is 1. The average Bonchev–Trinajstić information content (AvgIpc) is 3.45. The highest BCUT2D eigenvalue weighted by molar-refractivity contribution is 6.51. The van der Waals surface area contributed by atoms with Crippen molar-refractivity contribution < 1.29 is 23.8 Å². The molecule has 2 fully saturated rings. The van der Waals surface area contributed by atoms with Gasteiger partial charge in [-0.25, -0.2) is 0 Å². The molecule has 2 aliphatic rings. The van der Waals surface area contributed by atoms with E-state index in [4.69, 9.17) is 9.15 Å². The van der Waals surface area contributed by atoms with E-state index in [1.165, 1.54) is 24.2 Å². The number of ether oxygens (including phenoxy) is 1. The van der Waals surface area contributed by atoms with Crippen molar-refractivity contribution in [3.8, 4) is 5.75 Å². The van der Waals surface area contributed by atoms with Gasteiger partial charge in [0.2, 0.25) is 0 Å². The van der Waals surface area contributed by atoms with Crippen LogP contribution < -0.4 is 14.5 Å². The largest absolute Gasteiger partial charge is 0.507 e. The summed E-state index contributed by atoms with van der Waals surface area (Å²) in [5.41, 5.74) is 2.04. The zero-order valence-corrected chi connectivity index (χ0v) is 20.6. The van der Waals surface area contributed by atoms with Gasteiger partial charge in [0.1, 0.15) is 29.1 Å². The number of Topliss-reactive ketones (excluding diaryl/α,β-unsaturated/α-hetero) is 1. The lowest BCUT2D eigenvalue weighted by Gasteiger charge is -2.29. The number of aliphatic hydroxyl groups excluding tert-OH is 1. The van der Waals surface area contributed by atoms with Crippen LogP contribution in [0.1, 0.15) is 49.3 Å². The van der Waals surface area contributed by atoms with Gasteiger partial charge in [0.15, 0.2) is 0 Å². The molecule has 1 atom stereocenters. The fraction of sp³-hybridized carbons (Fsp3) is 0.310. The van der Waals surface area contributed by atoms with Crippen LogP contribution in [0, 0.1) is 6.92 Å². The van der Waals surface area contributed by atoms with E-state index in [2.05, 4.69) is 4.90 Å². The Morgan fingerprint density at radius 1 is 1.00 bits per heavy atom. The second-order valence-corrected chi connectivity index (χ2v) is 9.14. The molecule has 1 aromatic heterocycles. The Balaban J connectivity index is 1.58. The molecule has 2 saturated heterocycles. The number of anilines is 2. The minimum Gasteiger partial charge on any atom is -0.507 e. The van der Waals surface area contributed by atoms with E-state index in [-0.39, 0.29) is 11.3 Å². The summed E-state index contributed by atoms with van der Waals surface area (Å²) in [6.07, 6.45) is 3.58. The van der Waals surface area contributed by atoms with Crippen molar-refractivity contribution >= 4 is 28.8 Å². The Morgan fingerprint density at radius 3 is 2.39 bits per heavy atom. The summed E-state index contributed by atoms with van der Waals surface area (Å²) in [6, 6.07) is 17.2. The molecule has 1 unspecified atom stereocenters. The number of hydrogen-bond donors (Lipinski definition) is 1. The fourth-order valence-corrected chi connectivity index (χ4v) is 5.00. The third-order valence-electron chi connectivity index (χ3n) is 6.74. The number of piperidine rings is 1. The van der Waals surface area contributed by atoms with Crippen LogP contribution in [0.3, 0.4) is 0 Å². The number of benzene rings is 2. The lowest BCUT2D eigenvalue weighted by atomic mass is 9.99. The van der Waals surface area contributed by atoms with Crippen LogP contribution in [0.4, 0.5) is 11.4 Å². The normalized spacial score (nSPS) is 19.7. The van der Waals surface area contributed by atoms with Crippen molar-refractivity contribution in [2.24, 2.45) is 0 Å². The second-order valence-electron chi connectivity index (χ2n) is 9.14.